The van der Waals surface area contributed by atoms with Crippen molar-refractivity contribution in [3.8, 4) is 0 Å². The molecule has 1 aromatic heterocycles. The summed E-state index contributed by atoms with van der Waals surface area (Å²) in [5.41, 5.74) is 1.15. The summed E-state index contributed by atoms with van der Waals surface area (Å²) in [6.07, 6.45) is 0.855. The van der Waals surface area contributed by atoms with E-state index < -0.39 is 15.9 Å². The van der Waals surface area contributed by atoms with E-state index in [4.69, 9.17) is 21.1 Å². The lowest BCUT2D eigenvalue weighted by Crippen LogP contribution is -2.36. The van der Waals surface area contributed by atoms with Gasteiger partial charge in [0.05, 0.1) is 33.3 Å². The zero-order valence-corrected chi connectivity index (χ0v) is 21.8. The van der Waals surface area contributed by atoms with Crippen LogP contribution >= 0.6 is 22.9 Å². The normalized spacial score (nSPS) is 12.7. The van der Waals surface area contributed by atoms with Gasteiger partial charge in [0.25, 0.3) is 5.91 Å². The van der Waals surface area contributed by atoms with E-state index in [2.05, 4.69) is 4.99 Å². The van der Waals surface area contributed by atoms with Crippen molar-refractivity contribution in [1.29, 1.82) is 0 Å². The summed E-state index contributed by atoms with van der Waals surface area (Å²) in [5, 5.41) is 0.608. The van der Waals surface area contributed by atoms with E-state index in [9.17, 15) is 13.2 Å². The molecule has 0 saturated carbocycles. The third-order valence-corrected chi connectivity index (χ3v) is 8.39. The molecule has 0 bridgehead atoms. The van der Waals surface area contributed by atoms with E-state index >= 15 is 0 Å². The van der Waals surface area contributed by atoms with Crippen LogP contribution in [0.1, 0.15) is 23.7 Å². The molecule has 0 aliphatic heterocycles. The molecular formula is C23H28ClN3O5S2. The second-order valence-electron chi connectivity index (χ2n) is 7.45. The van der Waals surface area contributed by atoms with Crippen LogP contribution in [-0.4, -0.2) is 63.7 Å². The fraction of sp³-hybridized carbons (Fsp3) is 0.391. The van der Waals surface area contributed by atoms with Gasteiger partial charge in [0.15, 0.2) is 4.80 Å². The third-order valence-electron chi connectivity index (χ3n) is 5.12. The van der Waals surface area contributed by atoms with E-state index in [-0.39, 0.29) is 31.2 Å². The fourth-order valence-corrected chi connectivity index (χ4v) is 6.23. The monoisotopic (exact) mass is 525 g/mol. The molecule has 0 atom stereocenters. The average Bonchev–Trinajstić information content (AvgIpc) is 3.17. The average molecular weight is 526 g/mol. The Morgan fingerprint density at radius 1 is 1.09 bits per heavy atom. The third kappa shape index (κ3) is 5.94. The summed E-state index contributed by atoms with van der Waals surface area (Å²) in [5.74, 6) is -0.452. The number of benzene rings is 2. The van der Waals surface area contributed by atoms with Gasteiger partial charge in [0, 0.05) is 39.4 Å². The molecule has 0 fully saturated rings. The predicted molar refractivity (Wildman–Crippen MR) is 134 cm³/mol. The van der Waals surface area contributed by atoms with Gasteiger partial charge in [-0.15, -0.1) is 0 Å². The molecule has 184 valence electrons. The van der Waals surface area contributed by atoms with Crippen molar-refractivity contribution in [1.82, 2.24) is 8.87 Å². The van der Waals surface area contributed by atoms with Crippen LogP contribution in [0.3, 0.4) is 0 Å². The van der Waals surface area contributed by atoms with Crippen LogP contribution in [-0.2, 0) is 26.0 Å². The van der Waals surface area contributed by atoms with Crippen LogP contribution in [0.25, 0.3) is 10.2 Å². The summed E-state index contributed by atoms with van der Waals surface area (Å²) < 4.78 is 40.4. The van der Waals surface area contributed by atoms with Crippen molar-refractivity contribution < 1.29 is 22.7 Å². The highest BCUT2D eigenvalue weighted by atomic mass is 35.5. The fourth-order valence-electron chi connectivity index (χ4n) is 3.41. The van der Waals surface area contributed by atoms with Crippen molar-refractivity contribution >= 4 is 49.1 Å². The zero-order chi connectivity index (χ0) is 24.7. The maximum absolute atomic E-state index is 13.1. The number of amides is 1. The van der Waals surface area contributed by atoms with Gasteiger partial charge in [-0.1, -0.05) is 35.9 Å². The van der Waals surface area contributed by atoms with Crippen molar-refractivity contribution in [3.63, 3.8) is 0 Å². The predicted octanol–water partition coefficient (Wildman–Crippen LogP) is 3.79. The SMILES string of the molecule is CCCn1c(=NC(=O)c2ccc(S(=O)(=O)N(CCOC)CCOC)cc2)sc2cccc(Cl)c21. The minimum Gasteiger partial charge on any atom is -0.383 e. The molecule has 0 saturated heterocycles. The molecule has 0 unspecified atom stereocenters. The smallest absolute Gasteiger partial charge is 0.279 e. The molecular weight excluding hydrogens is 498 g/mol. The molecule has 0 aliphatic rings. The molecule has 0 N–H and O–H groups in total. The Kier molecular flexibility index (Phi) is 9.40. The van der Waals surface area contributed by atoms with E-state index in [1.807, 2.05) is 29.7 Å². The van der Waals surface area contributed by atoms with Crippen LogP contribution < -0.4 is 4.80 Å². The lowest BCUT2D eigenvalue weighted by molar-refractivity contribution is 0.0997. The number of hydrogen-bond acceptors (Lipinski definition) is 6. The second-order valence-corrected chi connectivity index (χ2v) is 10.8. The number of ether oxygens (including phenoxy) is 2. The molecule has 2 aromatic carbocycles. The van der Waals surface area contributed by atoms with Crippen molar-refractivity contribution in [3.05, 3.63) is 57.9 Å². The molecule has 34 heavy (non-hydrogen) atoms. The lowest BCUT2D eigenvalue weighted by atomic mass is 10.2. The van der Waals surface area contributed by atoms with E-state index in [1.54, 1.807) is 0 Å². The molecule has 0 aliphatic carbocycles. The van der Waals surface area contributed by atoms with Crippen molar-refractivity contribution in [2.75, 3.05) is 40.5 Å². The molecule has 3 aromatic rings. The first-order chi connectivity index (χ1) is 16.3. The van der Waals surface area contributed by atoms with Crippen LogP contribution in [0.4, 0.5) is 0 Å². The van der Waals surface area contributed by atoms with Crippen LogP contribution in [0.2, 0.25) is 5.02 Å². The maximum Gasteiger partial charge on any atom is 0.279 e. The van der Waals surface area contributed by atoms with E-state index in [0.29, 0.717) is 21.9 Å². The Balaban J connectivity index is 1.92. The molecule has 3 rings (SSSR count). The van der Waals surface area contributed by atoms with Gasteiger partial charge in [-0.3, -0.25) is 4.79 Å². The number of aryl methyl sites for hydroxylation is 1. The standard InChI is InChI=1S/C23H28ClN3O5S2/c1-4-12-27-21-19(24)6-5-7-20(21)33-23(27)25-22(28)17-8-10-18(11-9-17)34(29,30)26(13-15-31-2)14-16-32-3/h5-11H,4,12-16H2,1-3H3. The minimum absolute atomic E-state index is 0.0888. The molecule has 0 radical (unpaired) electrons. The van der Waals surface area contributed by atoms with Gasteiger partial charge in [0.2, 0.25) is 10.0 Å². The molecule has 1 heterocycles. The number of halogens is 1. The number of carbonyl (C=O) groups excluding carboxylic acids is 1. The van der Waals surface area contributed by atoms with Crippen molar-refractivity contribution in [2.24, 2.45) is 4.99 Å². The summed E-state index contributed by atoms with van der Waals surface area (Å²) >= 11 is 7.79. The summed E-state index contributed by atoms with van der Waals surface area (Å²) in [4.78, 5) is 17.9. The maximum atomic E-state index is 13.1. The minimum atomic E-state index is -3.77. The number of methoxy groups -OCH3 is 2. The van der Waals surface area contributed by atoms with Gasteiger partial charge in [-0.2, -0.15) is 9.30 Å². The number of sulfonamides is 1. The highest BCUT2D eigenvalue weighted by Crippen LogP contribution is 2.25. The summed E-state index contributed by atoms with van der Waals surface area (Å²) in [6, 6.07) is 11.4. The Bertz CT molecular complexity index is 1290. The number of para-hydroxylation sites is 1. The quantitative estimate of drug-likeness (QED) is 0.380. The Morgan fingerprint density at radius 2 is 1.74 bits per heavy atom. The summed E-state index contributed by atoms with van der Waals surface area (Å²) in [7, 11) is -0.741. The van der Waals surface area contributed by atoms with Crippen LogP contribution in [0, 0.1) is 0 Å². The van der Waals surface area contributed by atoms with E-state index in [1.165, 1.54) is 54.1 Å². The van der Waals surface area contributed by atoms with Crippen LogP contribution in [0.15, 0.2) is 52.4 Å². The van der Waals surface area contributed by atoms with Crippen LogP contribution in [0.5, 0.6) is 0 Å². The first-order valence-corrected chi connectivity index (χ1v) is 13.4. The topological polar surface area (TPSA) is 90.2 Å². The first kappa shape index (κ1) is 26.5. The van der Waals surface area contributed by atoms with E-state index in [0.717, 1.165) is 16.6 Å². The number of nitrogens with zero attached hydrogens (tertiary/aromatic N) is 3. The highest BCUT2D eigenvalue weighted by Gasteiger charge is 2.24. The Morgan fingerprint density at radius 3 is 2.32 bits per heavy atom. The number of thiazole rings is 1. The lowest BCUT2D eigenvalue weighted by Gasteiger charge is -2.21. The van der Waals surface area contributed by atoms with Gasteiger partial charge in [-0.25, -0.2) is 8.42 Å². The van der Waals surface area contributed by atoms with Gasteiger partial charge < -0.3 is 14.0 Å². The number of aromatic nitrogens is 1. The van der Waals surface area contributed by atoms with Gasteiger partial charge in [-0.05, 0) is 42.8 Å². The Labute approximate surface area is 208 Å². The zero-order valence-electron chi connectivity index (χ0n) is 19.4. The number of carbonyl (C=O) groups is 1. The molecule has 1 amide bonds. The van der Waals surface area contributed by atoms with Gasteiger partial charge >= 0.3 is 0 Å². The molecule has 8 nitrogen and oxygen atoms in total. The molecule has 11 heteroatoms. The van der Waals surface area contributed by atoms with Gasteiger partial charge in [0.1, 0.15) is 0 Å². The number of fused-ring (bicyclic) bond motifs is 1. The largest absolute Gasteiger partial charge is 0.383 e. The number of rotatable bonds is 11. The molecule has 0 spiro atoms. The summed E-state index contributed by atoms with van der Waals surface area (Å²) in [6.45, 7) is 3.63. The van der Waals surface area contributed by atoms with Crippen molar-refractivity contribution in [2.45, 2.75) is 24.8 Å². The second kappa shape index (κ2) is 12.1. The Hall–Kier alpha value is -2.08. The highest BCUT2D eigenvalue weighted by molar-refractivity contribution is 7.89. The number of hydrogen-bond donors (Lipinski definition) is 0. The first-order valence-electron chi connectivity index (χ1n) is 10.8.